The second-order valence-corrected chi connectivity index (χ2v) is 6.77. The van der Waals surface area contributed by atoms with Crippen LogP contribution in [0.2, 0.25) is 0 Å². The van der Waals surface area contributed by atoms with Crippen molar-refractivity contribution < 1.29 is 4.79 Å². The second kappa shape index (κ2) is 7.03. The van der Waals surface area contributed by atoms with Gasteiger partial charge in [-0.15, -0.1) is 0 Å². The number of carbonyl (C=O) groups excluding carboxylic acids is 1. The molecule has 1 amide bonds. The van der Waals surface area contributed by atoms with Gasteiger partial charge >= 0.3 is 0 Å². The van der Waals surface area contributed by atoms with Crippen LogP contribution in [-0.2, 0) is 4.79 Å². The topological polar surface area (TPSA) is 29.1 Å². The van der Waals surface area contributed by atoms with Crippen molar-refractivity contribution in [1.82, 2.24) is 5.32 Å². The number of hydrogen-bond acceptors (Lipinski definition) is 1. The van der Waals surface area contributed by atoms with Crippen LogP contribution in [-0.4, -0.2) is 11.9 Å². The van der Waals surface area contributed by atoms with Gasteiger partial charge in [0.05, 0.1) is 0 Å². The van der Waals surface area contributed by atoms with E-state index in [9.17, 15) is 4.79 Å². The Morgan fingerprint density at radius 3 is 2.06 bits per heavy atom. The number of nitrogens with one attached hydrogen (secondary N) is 1. The van der Waals surface area contributed by atoms with Crippen molar-refractivity contribution in [1.29, 1.82) is 0 Å². The van der Waals surface area contributed by atoms with Crippen molar-refractivity contribution in [3.05, 3.63) is 0 Å². The molecule has 0 aromatic carbocycles. The van der Waals surface area contributed by atoms with Crippen molar-refractivity contribution in [2.45, 2.75) is 73.8 Å². The molecule has 2 heteroatoms. The van der Waals surface area contributed by atoms with Gasteiger partial charge in [0.2, 0.25) is 5.91 Å². The number of rotatable bonds is 6. The van der Waals surface area contributed by atoms with Crippen molar-refractivity contribution >= 4 is 5.91 Å². The molecule has 0 aliphatic heterocycles. The van der Waals surface area contributed by atoms with Gasteiger partial charge in [-0.25, -0.2) is 0 Å². The van der Waals surface area contributed by atoms with E-state index in [4.69, 9.17) is 0 Å². The highest BCUT2D eigenvalue weighted by Gasteiger charge is 2.24. The van der Waals surface area contributed by atoms with Gasteiger partial charge in [-0.3, -0.25) is 4.79 Å². The predicted molar refractivity (Wildman–Crippen MR) is 74.9 cm³/mol. The lowest BCUT2D eigenvalue weighted by Crippen LogP contribution is -2.39. The smallest absolute Gasteiger partial charge is 0.223 e. The zero-order valence-electron chi connectivity index (χ0n) is 12.8. The summed E-state index contributed by atoms with van der Waals surface area (Å²) >= 11 is 0. The summed E-state index contributed by atoms with van der Waals surface area (Å²) in [7, 11) is 0. The molecular formula is C15H31NO. The SMILES string of the molecule is CCC(C)NC(=O)C(CCC(C)(C)C)C(C)C. The van der Waals surface area contributed by atoms with Crippen LogP contribution in [0.3, 0.4) is 0 Å². The molecule has 0 aliphatic rings. The third-order valence-electron chi connectivity index (χ3n) is 3.35. The quantitative estimate of drug-likeness (QED) is 0.748. The van der Waals surface area contributed by atoms with E-state index in [-0.39, 0.29) is 11.8 Å². The van der Waals surface area contributed by atoms with Crippen molar-refractivity contribution in [3.8, 4) is 0 Å². The summed E-state index contributed by atoms with van der Waals surface area (Å²) in [4.78, 5) is 12.2. The summed E-state index contributed by atoms with van der Waals surface area (Å²) in [5, 5.41) is 3.11. The highest BCUT2D eigenvalue weighted by atomic mass is 16.1. The van der Waals surface area contributed by atoms with Gasteiger partial charge in [0.25, 0.3) is 0 Å². The van der Waals surface area contributed by atoms with Gasteiger partial charge in [-0.1, -0.05) is 41.5 Å². The third kappa shape index (κ3) is 7.40. The Labute approximate surface area is 108 Å². The summed E-state index contributed by atoms with van der Waals surface area (Å²) in [5.74, 6) is 0.809. The minimum absolute atomic E-state index is 0.156. The molecule has 2 unspecified atom stereocenters. The lowest BCUT2D eigenvalue weighted by Gasteiger charge is -2.26. The average Bonchev–Trinajstić information content (AvgIpc) is 2.15. The zero-order chi connectivity index (χ0) is 13.6. The molecule has 0 spiro atoms. The van der Waals surface area contributed by atoms with Gasteiger partial charge in [0.15, 0.2) is 0 Å². The van der Waals surface area contributed by atoms with E-state index in [1.807, 2.05) is 0 Å². The average molecular weight is 241 g/mol. The normalized spacial score (nSPS) is 15.8. The lowest BCUT2D eigenvalue weighted by molar-refractivity contribution is -0.127. The second-order valence-electron chi connectivity index (χ2n) is 6.77. The molecule has 0 heterocycles. The maximum Gasteiger partial charge on any atom is 0.223 e. The fourth-order valence-electron chi connectivity index (χ4n) is 1.81. The van der Waals surface area contributed by atoms with E-state index in [0.717, 1.165) is 19.3 Å². The largest absolute Gasteiger partial charge is 0.353 e. The molecule has 1 N–H and O–H groups in total. The van der Waals surface area contributed by atoms with Gasteiger partial charge < -0.3 is 5.32 Å². The molecule has 0 radical (unpaired) electrons. The Kier molecular flexibility index (Phi) is 6.81. The first-order valence-corrected chi connectivity index (χ1v) is 6.97. The Bertz CT molecular complexity index is 228. The molecule has 0 bridgehead atoms. The molecule has 102 valence electrons. The molecule has 0 aromatic rings. The molecule has 0 aliphatic carbocycles. The van der Waals surface area contributed by atoms with Gasteiger partial charge in [0, 0.05) is 12.0 Å². The van der Waals surface area contributed by atoms with E-state index in [1.54, 1.807) is 0 Å². The van der Waals surface area contributed by atoms with Crippen molar-refractivity contribution in [2.75, 3.05) is 0 Å². The molecule has 0 saturated heterocycles. The summed E-state index contributed by atoms with van der Waals surface area (Å²) < 4.78 is 0. The number of hydrogen-bond donors (Lipinski definition) is 1. The highest BCUT2D eigenvalue weighted by molar-refractivity contribution is 5.79. The Morgan fingerprint density at radius 2 is 1.71 bits per heavy atom. The van der Waals surface area contributed by atoms with E-state index in [2.05, 4.69) is 53.8 Å². The molecule has 2 nitrogen and oxygen atoms in total. The molecule has 0 rings (SSSR count). The monoisotopic (exact) mass is 241 g/mol. The first-order valence-electron chi connectivity index (χ1n) is 6.97. The van der Waals surface area contributed by atoms with Crippen LogP contribution >= 0.6 is 0 Å². The van der Waals surface area contributed by atoms with Crippen LogP contribution in [0.25, 0.3) is 0 Å². The van der Waals surface area contributed by atoms with Crippen LogP contribution in [0.15, 0.2) is 0 Å². The maximum atomic E-state index is 12.2. The molecule has 0 fully saturated rings. The summed E-state index contributed by atoms with van der Waals surface area (Å²) in [5.41, 5.74) is 0.309. The van der Waals surface area contributed by atoms with Crippen LogP contribution in [0.1, 0.15) is 67.7 Å². The van der Waals surface area contributed by atoms with Gasteiger partial charge in [-0.2, -0.15) is 0 Å². The van der Waals surface area contributed by atoms with Gasteiger partial charge in [0.1, 0.15) is 0 Å². The maximum absolute atomic E-state index is 12.2. The fourth-order valence-corrected chi connectivity index (χ4v) is 1.81. The number of amides is 1. The molecule has 2 atom stereocenters. The van der Waals surface area contributed by atoms with E-state index in [0.29, 0.717) is 17.4 Å². The van der Waals surface area contributed by atoms with Crippen molar-refractivity contribution in [3.63, 3.8) is 0 Å². The summed E-state index contributed by atoms with van der Waals surface area (Å²) in [6, 6.07) is 0.290. The van der Waals surface area contributed by atoms with E-state index >= 15 is 0 Å². The summed E-state index contributed by atoms with van der Waals surface area (Å²) in [6.07, 6.45) is 3.09. The number of carbonyl (C=O) groups is 1. The Balaban J connectivity index is 4.37. The fraction of sp³-hybridized carbons (Fsp3) is 0.933. The van der Waals surface area contributed by atoms with E-state index in [1.165, 1.54) is 0 Å². The molecule has 0 saturated carbocycles. The summed E-state index contributed by atoms with van der Waals surface area (Å²) in [6.45, 7) is 15.2. The highest BCUT2D eigenvalue weighted by Crippen LogP contribution is 2.27. The third-order valence-corrected chi connectivity index (χ3v) is 3.35. The van der Waals surface area contributed by atoms with Crippen LogP contribution in [0, 0.1) is 17.3 Å². The molecular weight excluding hydrogens is 210 g/mol. The lowest BCUT2D eigenvalue weighted by atomic mass is 9.82. The van der Waals surface area contributed by atoms with Gasteiger partial charge in [-0.05, 0) is 37.5 Å². The van der Waals surface area contributed by atoms with Crippen LogP contribution in [0.4, 0.5) is 0 Å². The molecule has 0 aromatic heterocycles. The zero-order valence-corrected chi connectivity index (χ0v) is 12.8. The van der Waals surface area contributed by atoms with Crippen molar-refractivity contribution in [2.24, 2.45) is 17.3 Å². The van der Waals surface area contributed by atoms with Crippen LogP contribution < -0.4 is 5.32 Å². The first kappa shape index (κ1) is 16.5. The Hall–Kier alpha value is -0.530. The minimum atomic E-state index is 0.156. The molecule has 17 heavy (non-hydrogen) atoms. The first-order chi connectivity index (χ1) is 7.67. The standard InChI is InChI=1S/C15H31NO/c1-8-12(4)16-14(17)13(11(2)3)9-10-15(5,6)7/h11-13H,8-10H2,1-7H3,(H,16,17). The predicted octanol–water partition coefficient (Wildman–Crippen LogP) is 4.00. The Morgan fingerprint density at radius 1 is 1.18 bits per heavy atom. The minimum Gasteiger partial charge on any atom is -0.353 e. The van der Waals surface area contributed by atoms with E-state index < -0.39 is 0 Å². The van der Waals surface area contributed by atoms with Crippen LogP contribution in [0.5, 0.6) is 0 Å².